The zero-order valence-corrected chi connectivity index (χ0v) is 14.6. The van der Waals surface area contributed by atoms with Crippen LogP contribution in [0.2, 0.25) is 0 Å². The van der Waals surface area contributed by atoms with Gasteiger partial charge in [0.1, 0.15) is 5.69 Å². The van der Waals surface area contributed by atoms with Crippen LogP contribution in [0.4, 0.5) is 0 Å². The average Bonchev–Trinajstić information content (AvgIpc) is 3.25. The molecule has 0 bridgehead atoms. The summed E-state index contributed by atoms with van der Waals surface area (Å²) in [6.45, 7) is 0.385. The molecule has 2 aliphatic rings. The van der Waals surface area contributed by atoms with Crippen LogP contribution in [-0.2, 0) is 16.4 Å². The molecule has 3 heterocycles. The van der Waals surface area contributed by atoms with Gasteiger partial charge in [0.25, 0.3) is 5.91 Å². The Hall–Kier alpha value is -2.22. The molecule has 2 aromatic heterocycles. The molecule has 0 spiro atoms. The van der Waals surface area contributed by atoms with E-state index in [2.05, 4.69) is 15.4 Å². The first-order valence-corrected chi connectivity index (χ1v) is 10.3. The molecule has 1 aliphatic heterocycles. The van der Waals surface area contributed by atoms with E-state index >= 15 is 0 Å². The minimum absolute atomic E-state index is 0.116. The number of carbonyl (C=O) groups is 1. The van der Waals surface area contributed by atoms with Crippen LogP contribution in [0, 0.1) is 0 Å². The van der Waals surface area contributed by atoms with Gasteiger partial charge in [-0.3, -0.25) is 14.5 Å². The number of nitrogens with one attached hydrogen (secondary N) is 1. The number of pyridine rings is 1. The first-order chi connectivity index (χ1) is 12.0. The highest BCUT2D eigenvalue weighted by Gasteiger charge is 2.36. The molecule has 25 heavy (non-hydrogen) atoms. The van der Waals surface area contributed by atoms with E-state index in [4.69, 9.17) is 0 Å². The minimum atomic E-state index is -2.99. The first kappa shape index (κ1) is 16.3. The van der Waals surface area contributed by atoms with Crippen molar-refractivity contribution < 1.29 is 13.2 Å². The minimum Gasteiger partial charge on any atom is -0.347 e. The maximum absolute atomic E-state index is 12.4. The molecule has 1 aliphatic carbocycles. The van der Waals surface area contributed by atoms with Gasteiger partial charge in [-0.2, -0.15) is 5.10 Å². The van der Waals surface area contributed by atoms with Crippen LogP contribution in [-0.4, -0.2) is 40.6 Å². The molecular formula is C17H20N4O3S. The number of hydrogen-bond donors (Lipinski definition) is 1. The second-order valence-corrected chi connectivity index (χ2v) is 9.00. The molecule has 1 N–H and O–H groups in total. The normalized spacial score (nSPS) is 22.0. The molecule has 0 radical (unpaired) electrons. The number of amides is 1. The fraction of sp³-hybridized carbons (Fsp3) is 0.471. The van der Waals surface area contributed by atoms with E-state index in [1.165, 1.54) is 0 Å². The second-order valence-electron chi connectivity index (χ2n) is 6.77. The SMILES string of the molecule is O=C(NCc1cccnc1)c1cc(C2CC2)n(C2CCS(=O)(=O)C2)n1. The molecule has 7 nitrogen and oxygen atoms in total. The van der Waals surface area contributed by atoms with E-state index < -0.39 is 9.84 Å². The summed E-state index contributed by atoms with van der Waals surface area (Å²) in [7, 11) is -2.99. The van der Waals surface area contributed by atoms with Crippen LogP contribution in [0.3, 0.4) is 0 Å². The van der Waals surface area contributed by atoms with Crippen molar-refractivity contribution in [3.05, 3.63) is 47.5 Å². The summed E-state index contributed by atoms with van der Waals surface area (Å²) in [4.78, 5) is 16.5. The maximum Gasteiger partial charge on any atom is 0.272 e. The lowest BCUT2D eigenvalue weighted by Crippen LogP contribution is -2.24. The Bertz CT molecular complexity index is 888. The van der Waals surface area contributed by atoms with Gasteiger partial charge in [-0.05, 0) is 37.0 Å². The van der Waals surface area contributed by atoms with Crippen LogP contribution >= 0.6 is 0 Å². The maximum atomic E-state index is 12.4. The van der Waals surface area contributed by atoms with Crippen molar-refractivity contribution in [3.8, 4) is 0 Å². The molecule has 1 saturated heterocycles. The van der Waals surface area contributed by atoms with E-state index in [1.807, 2.05) is 18.2 Å². The monoisotopic (exact) mass is 360 g/mol. The Morgan fingerprint density at radius 1 is 1.32 bits per heavy atom. The van der Waals surface area contributed by atoms with Crippen LogP contribution in [0.5, 0.6) is 0 Å². The average molecular weight is 360 g/mol. The molecule has 132 valence electrons. The molecule has 2 aromatic rings. The van der Waals surface area contributed by atoms with Gasteiger partial charge < -0.3 is 5.32 Å². The third-order valence-electron chi connectivity index (χ3n) is 4.72. The standard InChI is InChI=1S/C17H20N4O3S/c22-17(19-10-12-2-1-6-18-9-12)15-8-16(13-3-4-13)21(20-15)14-5-7-25(23,24)11-14/h1-2,6,8-9,13-14H,3-5,7,10-11H2,(H,19,22). The van der Waals surface area contributed by atoms with Gasteiger partial charge in [0.2, 0.25) is 0 Å². The summed E-state index contributed by atoms with van der Waals surface area (Å²) < 4.78 is 25.4. The van der Waals surface area contributed by atoms with Gasteiger partial charge in [0.05, 0.1) is 17.5 Å². The zero-order valence-electron chi connectivity index (χ0n) is 13.8. The van der Waals surface area contributed by atoms with Crippen LogP contribution in [0.1, 0.15) is 53.0 Å². The van der Waals surface area contributed by atoms with Gasteiger partial charge >= 0.3 is 0 Å². The molecule has 1 saturated carbocycles. The number of hydrogen-bond acceptors (Lipinski definition) is 5. The molecule has 0 aromatic carbocycles. The van der Waals surface area contributed by atoms with E-state index in [0.29, 0.717) is 24.6 Å². The molecule has 1 amide bonds. The number of sulfone groups is 1. The topological polar surface area (TPSA) is 94.0 Å². The van der Waals surface area contributed by atoms with Crippen LogP contribution in [0.25, 0.3) is 0 Å². The fourth-order valence-corrected chi connectivity index (χ4v) is 4.93. The van der Waals surface area contributed by atoms with Crippen molar-refractivity contribution in [2.45, 2.75) is 37.8 Å². The van der Waals surface area contributed by atoms with E-state index in [0.717, 1.165) is 24.1 Å². The summed E-state index contributed by atoms with van der Waals surface area (Å²) in [6, 6.07) is 5.38. The summed E-state index contributed by atoms with van der Waals surface area (Å²) in [5.41, 5.74) is 2.27. The molecule has 1 unspecified atom stereocenters. The lowest BCUT2D eigenvalue weighted by Gasteiger charge is -2.12. The second kappa shape index (κ2) is 6.25. The summed E-state index contributed by atoms with van der Waals surface area (Å²) in [6.07, 6.45) is 6.10. The number of nitrogens with zero attached hydrogens (tertiary/aromatic N) is 3. The quantitative estimate of drug-likeness (QED) is 0.871. The van der Waals surface area contributed by atoms with Crippen molar-refractivity contribution in [1.29, 1.82) is 0 Å². The Balaban J connectivity index is 1.52. The fourth-order valence-electron chi connectivity index (χ4n) is 3.24. The van der Waals surface area contributed by atoms with Crippen LogP contribution in [0.15, 0.2) is 30.6 Å². The molecular weight excluding hydrogens is 340 g/mol. The van der Waals surface area contributed by atoms with E-state index in [1.54, 1.807) is 17.1 Å². The smallest absolute Gasteiger partial charge is 0.272 e. The zero-order chi connectivity index (χ0) is 17.4. The first-order valence-electron chi connectivity index (χ1n) is 8.49. The Kier molecular flexibility index (Phi) is 4.07. The number of carbonyl (C=O) groups excluding carboxylic acids is 1. The molecule has 4 rings (SSSR count). The molecule has 8 heteroatoms. The van der Waals surface area contributed by atoms with Crippen molar-refractivity contribution in [1.82, 2.24) is 20.1 Å². The van der Waals surface area contributed by atoms with Gasteiger partial charge in [-0.15, -0.1) is 0 Å². The molecule has 1 atom stereocenters. The van der Waals surface area contributed by atoms with E-state index in [9.17, 15) is 13.2 Å². The van der Waals surface area contributed by atoms with Gasteiger partial charge in [-0.25, -0.2) is 8.42 Å². The largest absolute Gasteiger partial charge is 0.347 e. The van der Waals surface area contributed by atoms with Gasteiger partial charge in [-0.1, -0.05) is 6.07 Å². The highest BCUT2D eigenvalue weighted by Crippen LogP contribution is 2.42. The third-order valence-corrected chi connectivity index (χ3v) is 6.47. The number of rotatable bonds is 5. The van der Waals surface area contributed by atoms with Crippen molar-refractivity contribution >= 4 is 15.7 Å². The Morgan fingerprint density at radius 3 is 2.80 bits per heavy atom. The van der Waals surface area contributed by atoms with Crippen molar-refractivity contribution in [2.24, 2.45) is 0 Å². The van der Waals surface area contributed by atoms with E-state index in [-0.39, 0.29) is 23.5 Å². The lowest BCUT2D eigenvalue weighted by atomic mass is 10.2. The highest BCUT2D eigenvalue weighted by atomic mass is 32.2. The predicted octanol–water partition coefficient (Wildman–Crippen LogP) is 1.45. The number of aromatic nitrogens is 3. The lowest BCUT2D eigenvalue weighted by molar-refractivity contribution is 0.0945. The Labute approximate surface area is 146 Å². The van der Waals surface area contributed by atoms with Gasteiger partial charge in [0, 0.05) is 30.6 Å². The highest BCUT2D eigenvalue weighted by molar-refractivity contribution is 7.91. The van der Waals surface area contributed by atoms with Gasteiger partial charge in [0.15, 0.2) is 9.84 Å². The van der Waals surface area contributed by atoms with Crippen molar-refractivity contribution in [3.63, 3.8) is 0 Å². The summed E-state index contributed by atoms with van der Waals surface area (Å²) in [5.74, 6) is 0.469. The summed E-state index contributed by atoms with van der Waals surface area (Å²) >= 11 is 0. The van der Waals surface area contributed by atoms with Crippen LogP contribution < -0.4 is 5.32 Å². The predicted molar refractivity (Wildman–Crippen MR) is 91.9 cm³/mol. The Morgan fingerprint density at radius 2 is 2.16 bits per heavy atom. The molecule has 2 fully saturated rings. The van der Waals surface area contributed by atoms with Crippen molar-refractivity contribution in [2.75, 3.05) is 11.5 Å². The third kappa shape index (κ3) is 3.58. The summed E-state index contributed by atoms with van der Waals surface area (Å²) in [5, 5.41) is 7.30.